The van der Waals surface area contributed by atoms with Gasteiger partial charge in [0.2, 0.25) is 10.0 Å². The minimum atomic E-state index is -3.54. The van der Waals surface area contributed by atoms with Crippen LogP contribution in [0.25, 0.3) is 0 Å². The quantitative estimate of drug-likeness (QED) is 0.719. The Morgan fingerprint density at radius 3 is 2.43 bits per heavy atom. The molecular weight excluding hydrogens is 420 g/mol. The molecule has 1 atom stereocenters. The van der Waals surface area contributed by atoms with Crippen molar-refractivity contribution >= 4 is 47.6 Å². The zero-order valence-electron chi connectivity index (χ0n) is 12.0. The number of hydrogen-bond acceptors (Lipinski definition) is 3. The van der Waals surface area contributed by atoms with E-state index in [1.807, 2.05) is 6.92 Å². The molecule has 1 aliphatic rings. The summed E-state index contributed by atoms with van der Waals surface area (Å²) in [5.41, 5.74) is 6.28. The van der Waals surface area contributed by atoms with Crippen molar-refractivity contribution in [2.24, 2.45) is 0 Å². The van der Waals surface area contributed by atoms with Gasteiger partial charge in [0.05, 0.1) is 0 Å². The van der Waals surface area contributed by atoms with Crippen LogP contribution in [0.2, 0.25) is 0 Å². The molecule has 0 aliphatic carbocycles. The van der Waals surface area contributed by atoms with Gasteiger partial charge in [-0.3, -0.25) is 0 Å². The van der Waals surface area contributed by atoms with E-state index >= 15 is 0 Å². The molecule has 0 saturated carbocycles. The fraction of sp³-hybridized carbons (Fsp3) is 0.571. The predicted octanol–water partition coefficient (Wildman–Crippen LogP) is 4.14. The van der Waals surface area contributed by atoms with Gasteiger partial charge >= 0.3 is 0 Å². The van der Waals surface area contributed by atoms with Crippen LogP contribution in [-0.2, 0) is 10.0 Å². The van der Waals surface area contributed by atoms with Crippen molar-refractivity contribution in [2.75, 3.05) is 12.3 Å². The first kappa shape index (κ1) is 17.2. The van der Waals surface area contributed by atoms with Crippen molar-refractivity contribution in [3.63, 3.8) is 0 Å². The third-order valence-corrected chi connectivity index (χ3v) is 7.71. The molecule has 1 aromatic carbocycles. The lowest BCUT2D eigenvalue weighted by Crippen LogP contribution is -2.39. The van der Waals surface area contributed by atoms with Crippen LogP contribution in [0.1, 0.15) is 39.0 Å². The van der Waals surface area contributed by atoms with E-state index in [1.54, 1.807) is 16.4 Å². The Morgan fingerprint density at radius 2 is 1.86 bits per heavy atom. The summed E-state index contributed by atoms with van der Waals surface area (Å²) >= 11 is 6.69. The predicted molar refractivity (Wildman–Crippen MR) is 92.7 cm³/mol. The highest BCUT2D eigenvalue weighted by atomic mass is 79.9. The maximum absolute atomic E-state index is 13.1. The van der Waals surface area contributed by atoms with Gasteiger partial charge < -0.3 is 5.73 Å². The molecule has 1 saturated heterocycles. The molecule has 1 heterocycles. The minimum absolute atomic E-state index is 0.0776. The normalized spacial score (nSPS) is 21.2. The highest BCUT2D eigenvalue weighted by Gasteiger charge is 2.34. The van der Waals surface area contributed by atoms with Crippen LogP contribution in [-0.4, -0.2) is 25.3 Å². The number of nitrogens with zero attached hydrogens (tertiary/aromatic N) is 1. The second-order valence-electron chi connectivity index (χ2n) is 5.34. The fourth-order valence-electron chi connectivity index (χ4n) is 2.82. The molecule has 2 rings (SSSR count). The van der Waals surface area contributed by atoms with Gasteiger partial charge in [-0.1, -0.05) is 19.8 Å². The lowest BCUT2D eigenvalue weighted by Gasteiger charge is -2.29. The smallest absolute Gasteiger partial charge is 0.245 e. The van der Waals surface area contributed by atoms with E-state index in [1.165, 1.54) is 0 Å². The SMILES string of the molecule is CCC1CCCCCN1S(=O)(=O)c1c(Br)cc(N)cc1Br. The first-order valence-electron chi connectivity index (χ1n) is 7.14. The molecule has 21 heavy (non-hydrogen) atoms. The highest BCUT2D eigenvalue weighted by molar-refractivity contribution is 9.11. The third kappa shape index (κ3) is 3.63. The van der Waals surface area contributed by atoms with Crippen molar-refractivity contribution < 1.29 is 8.42 Å². The van der Waals surface area contributed by atoms with E-state index in [0.29, 0.717) is 21.2 Å². The summed E-state index contributed by atoms with van der Waals surface area (Å²) in [4.78, 5) is 0.275. The second-order valence-corrected chi connectivity index (χ2v) is 8.88. The van der Waals surface area contributed by atoms with Crippen molar-refractivity contribution in [2.45, 2.75) is 50.0 Å². The zero-order chi connectivity index (χ0) is 15.6. The van der Waals surface area contributed by atoms with Gasteiger partial charge in [0.1, 0.15) is 4.90 Å². The Kier molecular flexibility index (Phi) is 5.73. The Hall–Kier alpha value is -0.110. The number of benzene rings is 1. The lowest BCUT2D eigenvalue weighted by atomic mass is 10.1. The van der Waals surface area contributed by atoms with Crippen LogP contribution in [0.15, 0.2) is 26.0 Å². The topological polar surface area (TPSA) is 63.4 Å². The second kappa shape index (κ2) is 6.98. The van der Waals surface area contributed by atoms with E-state index in [4.69, 9.17) is 5.73 Å². The average Bonchev–Trinajstić information content (AvgIpc) is 2.62. The van der Waals surface area contributed by atoms with E-state index in [9.17, 15) is 8.42 Å². The molecular formula is C14H20Br2N2O2S. The van der Waals surface area contributed by atoms with Crippen LogP contribution in [0.5, 0.6) is 0 Å². The van der Waals surface area contributed by atoms with Crippen LogP contribution in [0, 0.1) is 0 Å². The number of sulfonamides is 1. The molecule has 1 unspecified atom stereocenters. The van der Waals surface area contributed by atoms with Gasteiger partial charge in [-0.25, -0.2) is 8.42 Å². The minimum Gasteiger partial charge on any atom is -0.399 e. The number of nitrogen functional groups attached to an aromatic ring is 1. The molecule has 118 valence electrons. The van der Waals surface area contributed by atoms with Gasteiger partial charge in [0, 0.05) is 27.2 Å². The number of hydrogen-bond donors (Lipinski definition) is 1. The number of anilines is 1. The van der Waals surface area contributed by atoms with E-state index in [-0.39, 0.29) is 10.9 Å². The molecule has 0 amide bonds. The van der Waals surface area contributed by atoms with Crippen LogP contribution in [0.3, 0.4) is 0 Å². The van der Waals surface area contributed by atoms with Gasteiger partial charge in [-0.15, -0.1) is 0 Å². The third-order valence-electron chi connectivity index (χ3n) is 3.88. The van der Waals surface area contributed by atoms with Crippen molar-refractivity contribution in [1.29, 1.82) is 0 Å². The van der Waals surface area contributed by atoms with Crippen molar-refractivity contribution in [1.82, 2.24) is 4.31 Å². The Balaban J connectivity index is 2.50. The monoisotopic (exact) mass is 438 g/mol. The Labute approximate surface area is 143 Å². The number of halogens is 2. The lowest BCUT2D eigenvalue weighted by molar-refractivity contribution is 0.315. The largest absolute Gasteiger partial charge is 0.399 e. The summed E-state index contributed by atoms with van der Waals surface area (Å²) < 4.78 is 28.9. The molecule has 0 spiro atoms. The van der Waals surface area contributed by atoms with Gasteiger partial charge in [0.25, 0.3) is 0 Å². The molecule has 1 aromatic rings. The molecule has 0 radical (unpaired) electrons. The molecule has 2 N–H and O–H groups in total. The van der Waals surface area contributed by atoms with Gasteiger partial charge in [-0.2, -0.15) is 4.31 Å². The summed E-state index contributed by atoms with van der Waals surface area (Å²) in [6, 6.07) is 3.35. The first-order chi connectivity index (χ1) is 9.87. The van der Waals surface area contributed by atoms with E-state index in [2.05, 4.69) is 31.9 Å². The van der Waals surface area contributed by atoms with Gasteiger partial charge in [-0.05, 0) is 63.3 Å². The number of rotatable bonds is 3. The summed E-state index contributed by atoms with van der Waals surface area (Å²) in [7, 11) is -3.54. The maximum atomic E-state index is 13.1. The van der Waals surface area contributed by atoms with E-state index < -0.39 is 10.0 Å². The van der Waals surface area contributed by atoms with E-state index in [0.717, 1.165) is 32.1 Å². The summed E-state index contributed by atoms with van der Waals surface area (Å²) in [6.45, 7) is 2.63. The Morgan fingerprint density at radius 1 is 1.24 bits per heavy atom. The van der Waals surface area contributed by atoms with Crippen LogP contribution < -0.4 is 5.73 Å². The maximum Gasteiger partial charge on any atom is 0.245 e. The van der Waals surface area contributed by atoms with Crippen molar-refractivity contribution in [3.05, 3.63) is 21.1 Å². The zero-order valence-corrected chi connectivity index (χ0v) is 16.0. The summed E-state index contributed by atoms with van der Waals surface area (Å²) in [5.74, 6) is 0. The average molecular weight is 440 g/mol. The standard InChI is InChI=1S/C14H20Br2N2O2S/c1-2-11-6-4-3-5-7-18(11)21(19,20)14-12(15)8-10(17)9-13(14)16/h8-9,11H,2-7,17H2,1H3. The van der Waals surface area contributed by atoms with Crippen LogP contribution >= 0.6 is 31.9 Å². The molecule has 7 heteroatoms. The first-order valence-corrected chi connectivity index (χ1v) is 10.2. The molecule has 0 bridgehead atoms. The fourth-order valence-corrected chi connectivity index (χ4v) is 7.13. The number of nitrogens with two attached hydrogens (primary N) is 1. The molecule has 0 aromatic heterocycles. The molecule has 1 aliphatic heterocycles. The van der Waals surface area contributed by atoms with Gasteiger partial charge in [0.15, 0.2) is 0 Å². The van der Waals surface area contributed by atoms with Crippen molar-refractivity contribution in [3.8, 4) is 0 Å². The molecule has 4 nitrogen and oxygen atoms in total. The summed E-state index contributed by atoms with van der Waals surface area (Å²) in [5, 5.41) is 0. The summed E-state index contributed by atoms with van der Waals surface area (Å²) in [6.07, 6.45) is 4.87. The Bertz CT molecular complexity index is 596. The van der Waals surface area contributed by atoms with Crippen LogP contribution in [0.4, 0.5) is 5.69 Å². The molecule has 1 fully saturated rings. The highest BCUT2D eigenvalue weighted by Crippen LogP contribution is 2.36.